The number of alkyl halides is 3. The summed E-state index contributed by atoms with van der Waals surface area (Å²) in [5.41, 5.74) is -2.47. The van der Waals surface area contributed by atoms with Crippen LogP contribution in [0.3, 0.4) is 0 Å². The van der Waals surface area contributed by atoms with Crippen molar-refractivity contribution < 1.29 is 37.4 Å². The molecule has 1 amide bonds. The summed E-state index contributed by atoms with van der Waals surface area (Å²) < 4.78 is 49.6. The topological polar surface area (TPSA) is 123 Å². The number of halogens is 5. The minimum absolute atomic E-state index is 0.00407. The zero-order valence-electron chi connectivity index (χ0n) is 21.8. The van der Waals surface area contributed by atoms with E-state index in [9.17, 15) is 32.7 Å². The van der Waals surface area contributed by atoms with E-state index in [0.29, 0.717) is 12.8 Å². The van der Waals surface area contributed by atoms with Crippen LogP contribution in [-0.4, -0.2) is 55.3 Å². The summed E-state index contributed by atoms with van der Waals surface area (Å²) in [5.74, 6) is -3.20. The summed E-state index contributed by atoms with van der Waals surface area (Å²) in [5, 5.41) is 15.7. The number of carboxylic acid groups (broad SMARTS) is 1. The molecule has 9 nitrogen and oxygen atoms in total. The number of hydrogen-bond donors (Lipinski definition) is 2. The van der Waals surface area contributed by atoms with Crippen LogP contribution in [0.4, 0.5) is 13.2 Å². The number of ether oxygens (including phenoxy) is 1. The summed E-state index contributed by atoms with van der Waals surface area (Å²) in [6.45, 7) is 3.68. The molecule has 40 heavy (non-hydrogen) atoms. The second kappa shape index (κ2) is 11.7. The van der Waals surface area contributed by atoms with Crippen LogP contribution in [0.2, 0.25) is 10.0 Å². The lowest BCUT2D eigenvalue weighted by Gasteiger charge is -2.28. The number of carboxylic acids is 1. The molecule has 2 aromatic rings. The first kappa shape index (κ1) is 30.3. The maximum absolute atomic E-state index is 14.3. The first-order valence-corrected chi connectivity index (χ1v) is 13.6. The Morgan fingerprint density at radius 2 is 1.75 bits per heavy atom. The number of nitrogens with one attached hydrogen (secondary N) is 1. The largest absolute Gasteiger partial charge is 0.481 e. The Hall–Kier alpha value is -2.70. The average molecular weight is 605 g/mol. The number of nitrogens with zero attached hydrogens (tertiary/aromatic N) is 3. The fourth-order valence-corrected chi connectivity index (χ4v) is 6.03. The maximum atomic E-state index is 14.3. The minimum atomic E-state index is -4.91. The molecule has 218 valence electrons. The van der Waals surface area contributed by atoms with Crippen molar-refractivity contribution in [2.75, 3.05) is 0 Å². The molecule has 2 aliphatic rings. The molecule has 0 radical (unpaired) electrons. The van der Waals surface area contributed by atoms with E-state index in [1.54, 1.807) is 0 Å². The summed E-state index contributed by atoms with van der Waals surface area (Å²) in [6.07, 6.45) is -0.705. The lowest BCUT2D eigenvalue weighted by atomic mass is 9.86. The fourth-order valence-electron chi connectivity index (χ4n) is 5.46. The normalized spacial score (nSPS) is 23.5. The molecule has 1 saturated heterocycles. The van der Waals surface area contributed by atoms with Crippen molar-refractivity contribution in [3.8, 4) is 0 Å². The van der Waals surface area contributed by atoms with Crippen LogP contribution in [0.5, 0.6) is 0 Å². The van der Waals surface area contributed by atoms with E-state index >= 15 is 0 Å². The van der Waals surface area contributed by atoms with Gasteiger partial charge in [-0.05, 0) is 52.4 Å². The summed E-state index contributed by atoms with van der Waals surface area (Å²) in [6, 6.07) is -1.70. The standard InChI is InChI=1S/C26H29Cl2F3N4O5/c1-25(2)8-7-20(40-25)18(9-19(36)21-16(27)11-32-12-17(21)28)34-23(37)15-10-33-35(22(15)26(29,30)31)14-5-3-13(4-6-14)24(38)39/h10-14,18,20H,3-9H2,1-2H3,(H,34,37)(H,38,39)/t13?,14?,18?,20-/m0/s1. The molecule has 1 aliphatic heterocycles. The highest BCUT2D eigenvalue weighted by molar-refractivity contribution is 6.39. The number of pyridine rings is 1. The van der Waals surface area contributed by atoms with Gasteiger partial charge in [-0.15, -0.1) is 0 Å². The van der Waals surface area contributed by atoms with E-state index in [1.165, 1.54) is 12.4 Å². The van der Waals surface area contributed by atoms with Gasteiger partial charge in [0, 0.05) is 18.8 Å². The van der Waals surface area contributed by atoms with Gasteiger partial charge < -0.3 is 15.2 Å². The zero-order chi connectivity index (χ0) is 29.4. The number of Topliss-reactive ketones (excluding diaryl/α,β-unsaturated/α-hetero) is 1. The molecule has 1 saturated carbocycles. The quantitative estimate of drug-likeness (QED) is 0.368. The highest BCUT2D eigenvalue weighted by atomic mass is 35.5. The first-order valence-electron chi connectivity index (χ1n) is 12.9. The van der Waals surface area contributed by atoms with Crippen LogP contribution in [0, 0.1) is 5.92 Å². The Bertz CT molecular complexity index is 1270. The fraction of sp³-hybridized carbons (Fsp3) is 0.577. The van der Waals surface area contributed by atoms with E-state index in [0.717, 1.165) is 10.9 Å². The molecule has 14 heteroatoms. The van der Waals surface area contributed by atoms with Crippen molar-refractivity contribution in [3.05, 3.63) is 45.5 Å². The van der Waals surface area contributed by atoms with E-state index in [4.69, 9.17) is 27.9 Å². The second-order valence-electron chi connectivity index (χ2n) is 10.8. The number of ketones is 1. The first-order chi connectivity index (χ1) is 18.7. The van der Waals surface area contributed by atoms with E-state index in [-0.39, 0.29) is 47.7 Å². The lowest BCUT2D eigenvalue weighted by Crippen LogP contribution is -2.45. The molecule has 0 aromatic carbocycles. The molecular formula is C26H29Cl2F3N4O5. The summed E-state index contributed by atoms with van der Waals surface area (Å²) >= 11 is 12.3. The smallest absolute Gasteiger partial charge is 0.433 e. The predicted molar refractivity (Wildman–Crippen MR) is 139 cm³/mol. The van der Waals surface area contributed by atoms with Gasteiger partial charge in [-0.1, -0.05) is 23.2 Å². The van der Waals surface area contributed by atoms with Crippen LogP contribution in [0.1, 0.15) is 91.2 Å². The van der Waals surface area contributed by atoms with Crippen LogP contribution < -0.4 is 5.32 Å². The van der Waals surface area contributed by atoms with Gasteiger partial charge in [0.15, 0.2) is 11.5 Å². The van der Waals surface area contributed by atoms with Crippen LogP contribution >= 0.6 is 23.2 Å². The van der Waals surface area contributed by atoms with Gasteiger partial charge in [0.25, 0.3) is 5.91 Å². The number of carbonyl (C=O) groups excluding carboxylic acids is 2. The molecule has 0 bridgehead atoms. The number of hydrogen-bond acceptors (Lipinski definition) is 6. The van der Waals surface area contributed by atoms with Crippen LogP contribution in [-0.2, 0) is 15.7 Å². The second-order valence-corrected chi connectivity index (χ2v) is 11.6. The van der Waals surface area contributed by atoms with Crippen molar-refractivity contribution >= 4 is 40.9 Å². The van der Waals surface area contributed by atoms with Crippen molar-refractivity contribution in [1.82, 2.24) is 20.1 Å². The molecular weight excluding hydrogens is 576 g/mol. The van der Waals surface area contributed by atoms with Gasteiger partial charge in [-0.25, -0.2) is 0 Å². The Balaban J connectivity index is 1.61. The van der Waals surface area contributed by atoms with E-state index < -0.39 is 64.8 Å². The number of carbonyl (C=O) groups is 3. The molecule has 2 aromatic heterocycles. The highest BCUT2D eigenvalue weighted by Crippen LogP contribution is 2.39. The van der Waals surface area contributed by atoms with E-state index in [1.807, 2.05) is 13.8 Å². The third-order valence-electron chi connectivity index (χ3n) is 7.50. The maximum Gasteiger partial charge on any atom is 0.433 e. The van der Waals surface area contributed by atoms with Gasteiger partial charge in [0.05, 0.1) is 57.1 Å². The Morgan fingerprint density at radius 3 is 2.27 bits per heavy atom. The van der Waals surface area contributed by atoms with Gasteiger partial charge in [-0.2, -0.15) is 18.3 Å². The molecule has 2 fully saturated rings. The predicted octanol–water partition coefficient (Wildman–Crippen LogP) is 5.75. The SMILES string of the molecule is CC1(C)CC[C@@H](C(CC(=O)c2c(Cl)cncc2Cl)NC(=O)c2cnn(C3CCC(C(=O)O)CC3)c2C(F)(F)F)O1. The van der Waals surface area contributed by atoms with Crippen molar-refractivity contribution in [3.63, 3.8) is 0 Å². The number of aliphatic carboxylic acids is 1. The number of amides is 1. The molecule has 2 N–H and O–H groups in total. The van der Waals surface area contributed by atoms with Gasteiger partial charge in [-0.3, -0.25) is 24.0 Å². The number of aromatic nitrogens is 3. The Kier molecular flexibility index (Phi) is 8.82. The average Bonchev–Trinajstić information content (AvgIpc) is 3.47. The van der Waals surface area contributed by atoms with Crippen molar-refractivity contribution in [2.24, 2.45) is 5.92 Å². The molecule has 1 unspecified atom stereocenters. The van der Waals surface area contributed by atoms with Crippen LogP contribution in [0.25, 0.3) is 0 Å². The van der Waals surface area contributed by atoms with Crippen molar-refractivity contribution in [1.29, 1.82) is 0 Å². The van der Waals surface area contributed by atoms with Gasteiger partial charge >= 0.3 is 12.1 Å². The molecule has 4 rings (SSSR count). The molecule has 2 atom stereocenters. The Morgan fingerprint density at radius 1 is 1.12 bits per heavy atom. The van der Waals surface area contributed by atoms with E-state index in [2.05, 4.69) is 15.4 Å². The lowest BCUT2D eigenvalue weighted by molar-refractivity contribution is -0.147. The zero-order valence-corrected chi connectivity index (χ0v) is 23.3. The Labute approximate surface area is 238 Å². The monoisotopic (exact) mass is 604 g/mol. The summed E-state index contributed by atoms with van der Waals surface area (Å²) in [7, 11) is 0. The number of rotatable bonds is 8. The van der Waals surface area contributed by atoms with Crippen molar-refractivity contribution in [2.45, 2.75) is 88.8 Å². The molecule has 3 heterocycles. The van der Waals surface area contributed by atoms with Gasteiger partial charge in [0.2, 0.25) is 0 Å². The molecule has 0 spiro atoms. The van der Waals surface area contributed by atoms with Crippen LogP contribution in [0.15, 0.2) is 18.6 Å². The van der Waals surface area contributed by atoms with Gasteiger partial charge in [0.1, 0.15) is 0 Å². The third-order valence-corrected chi connectivity index (χ3v) is 8.08. The highest BCUT2D eigenvalue weighted by Gasteiger charge is 2.44. The summed E-state index contributed by atoms with van der Waals surface area (Å²) in [4.78, 5) is 41.6. The molecule has 1 aliphatic carbocycles. The third kappa shape index (κ3) is 6.60. The minimum Gasteiger partial charge on any atom is -0.481 e.